The highest BCUT2D eigenvalue weighted by Gasteiger charge is 2.11. The van der Waals surface area contributed by atoms with Crippen LogP contribution in [0.15, 0.2) is 29.3 Å². The third-order valence-corrected chi connectivity index (χ3v) is 4.96. The topological polar surface area (TPSA) is 61.8 Å². The zero-order valence-corrected chi connectivity index (χ0v) is 13.6. The van der Waals surface area contributed by atoms with Crippen molar-refractivity contribution in [3.63, 3.8) is 0 Å². The van der Waals surface area contributed by atoms with Crippen molar-refractivity contribution in [3.8, 4) is 0 Å². The van der Waals surface area contributed by atoms with Crippen LogP contribution in [0.2, 0.25) is 0 Å². The highest BCUT2D eigenvalue weighted by atomic mass is 32.2. The Hall–Kier alpha value is -1.47. The molecule has 5 nitrogen and oxygen atoms in total. The molecular weight excluding hydrogens is 306 g/mol. The summed E-state index contributed by atoms with van der Waals surface area (Å²) in [6.07, 6.45) is 0. The Morgan fingerprint density at radius 1 is 1.33 bits per heavy atom. The third-order valence-electron chi connectivity index (χ3n) is 2.71. The van der Waals surface area contributed by atoms with Crippen LogP contribution in [0.4, 0.5) is 5.69 Å². The summed E-state index contributed by atoms with van der Waals surface area (Å²) in [5.74, 6) is 1.23. The van der Waals surface area contributed by atoms with Crippen LogP contribution in [0.3, 0.4) is 0 Å². The molecule has 1 aromatic carbocycles. The van der Waals surface area contributed by atoms with Crippen LogP contribution in [0.1, 0.15) is 10.4 Å². The monoisotopic (exact) mass is 323 g/mol. The zero-order chi connectivity index (χ0) is 15.2. The predicted molar refractivity (Wildman–Crippen MR) is 90.3 cm³/mol. The van der Waals surface area contributed by atoms with Crippen LogP contribution < -0.4 is 5.32 Å². The number of aliphatic imine (C=N–C) groups is 1. The number of amides is 2. The van der Waals surface area contributed by atoms with Gasteiger partial charge in [0.2, 0.25) is 5.91 Å². The number of anilines is 1. The van der Waals surface area contributed by atoms with E-state index < -0.39 is 0 Å². The van der Waals surface area contributed by atoms with Crippen LogP contribution in [0.25, 0.3) is 0 Å². The molecule has 1 aliphatic heterocycles. The van der Waals surface area contributed by atoms with E-state index in [-0.39, 0.29) is 11.8 Å². The second-order valence-corrected chi connectivity index (χ2v) is 6.92. The van der Waals surface area contributed by atoms with Gasteiger partial charge in [-0.1, -0.05) is 23.5 Å². The molecule has 0 bridgehead atoms. The maximum absolute atomic E-state index is 11.8. The van der Waals surface area contributed by atoms with Crippen molar-refractivity contribution in [2.24, 2.45) is 4.99 Å². The second kappa shape index (κ2) is 7.51. The Bertz CT molecular complexity index is 556. The number of hydrogen-bond donors (Lipinski definition) is 1. The number of hydrogen-bond acceptors (Lipinski definition) is 5. The Morgan fingerprint density at radius 2 is 2.05 bits per heavy atom. The molecule has 1 aromatic rings. The summed E-state index contributed by atoms with van der Waals surface area (Å²) in [7, 11) is 3.41. The summed E-state index contributed by atoms with van der Waals surface area (Å²) >= 11 is 3.15. The molecule has 0 aliphatic carbocycles. The molecule has 1 heterocycles. The smallest absolute Gasteiger partial charge is 0.253 e. The number of carbonyl (C=O) groups excluding carboxylic acids is 2. The van der Waals surface area contributed by atoms with Gasteiger partial charge in [-0.15, -0.1) is 0 Å². The van der Waals surface area contributed by atoms with E-state index in [2.05, 4.69) is 10.3 Å². The lowest BCUT2D eigenvalue weighted by Crippen LogP contribution is -2.21. The summed E-state index contributed by atoms with van der Waals surface area (Å²) in [5, 5.41) is 2.81. The van der Waals surface area contributed by atoms with Gasteiger partial charge >= 0.3 is 0 Å². The molecule has 0 saturated carbocycles. The van der Waals surface area contributed by atoms with Gasteiger partial charge in [0.25, 0.3) is 5.91 Å². The first-order chi connectivity index (χ1) is 10.1. The Morgan fingerprint density at radius 3 is 2.62 bits per heavy atom. The lowest BCUT2D eigenvalue weighted by Gasteiger charge is -2.11. The lowest BCUT2D eigenvalue weighted by atomic mass is 10.2. The second-order valence-electron chi connectivity index (χ2n) is 4.61. The quantitative estimate of drug-likeness (QED) is 0.922. The number of nitrogens with zero attached hydrogens (tertiary/aromatic N) is 2. The molecule has 0 spiro atoms. The molecule has 1 aliphatic rings. The summed E-state index contributed by atoms with van der Waals surface area (Å²) in [6.45, 7) is 0.843. The molecule has 2 rings (SSSR count). The standard InChI is InChI=1S/C14H17N3O2S2/c1-17(2)13(19)10-3-5-11(6-4-10)16-12(18)9-21-14-15-7-8-20-14/h3-6H,7-9H2,1-2H3,(H,16,18). The largest absolute Gasteiger partial charge is 0.345 e. The van der Waals surface area contributed by atoms with Crippen molar-refractivity contribution in [2.45, 2.75) is 0 Å². The molecule has 0 unspecified atom stereocenters. The van der Waals surface area contributed by atoms with Gasteiger partial charge in [-0.05, 0) is 24.3 Å². The minimum atomic E-state index is -0.0677. The summed E-state index contributed by atoms with van der Waals surface area (Å²) in [5.41, 5.74) is 1.29. The number of rotatable bonds is 4. The average Bonchev–Trinajstić information content (AvgIpc) is 2.98. The van der Waals surface area contributed by atoms with Crippen LogP contribution in [0.5, 0.6) is 0 Å². The van der Waals surface area contributed by atoms with Gasteiger partial charge in [-0.25, -0.2) is 0 Å². The summed E-state index contributed by atoms with van der Waals surface area (Å²) in [6, 6.07) is 6.90. The van der Waals surface area contributed by atoms with Crippen molar-refractivity contribution in [3.05, 3.63) is 29.8 Å². The molecule has 112 valence electrons. The van der Waals surface area contributed by atoms with Crippen molar-refractivity contribution < 1.29 is 9.59 Å². The molecule has 2 amide bonds. The van der Waals surface area contributed by atoms with Crippen molar-refractivity contribution in [1.29, 1.82) is 0 Å². The number of thioether (sulfide) groups is 2. The van der Waals surface area contributed by atoms with Crippen LogP contribution in [-0.2, 0) is 4.79 Å². The molecular formula is C14H17N3O2S2. The highest BCUT2D eigenvalue weighted by molar-refractivity contribution is 8.39. The minimum Gasteiger partial charge on any atom is -0.345 e. The maximum atomic E-state index is 11.8. The highest BCUT2D eigenvalue weighted by Crippen LogP contribution is 2.22. The van der Waals surface area contributed by atoms with Gasteiger partial charge in [0.05, 0.1) is 12.3 Å². The van der Waals surface area contributed by atoms with Crippen LogP contribution in [-0.4, -0.2) is 53.2 Å². The van der Waals surface area contributed by atoms with Gasteiger partial charge in [0, 0.05) is 31.1 Å². The molecule has 7 heteroatoms. The first-order valence-corrected chi connectivity index (χ1v) is 8.45. The Kier molecular flexibility index (Phi) is 5.69. The van der Waals surface area contributed by atoms with Gasteiger partial charge in [-0.2, -0.15) is 0 Å². The SMILES string of the molecule is CN(C)C(=O)c1ccc(NC(=O)CSC2=NCCS2)cc1. The number of nitrogens with one attached hydrogen (secondary N) is 1. The number of carbonyl (C=O) groups is 2. The van der Waals surface area contributed by atoms with E-state index in [9.17, 15) is 9.59 Å². The fourth-order valence-corrected chi connectivity index (χ4v) is 3.49. The maximum Gasteiger partial charge on any atom is 0.253 e. The van der Waals surface area contributed by atoms with Gasteiger partial charge in [0.1, 0.15) is 4.38 Å². The van der Waals surface area contributed by atoms with E-state index in [1.165, 1.54) is 16.7 Å². The van der Waals surface area contributed by atoms with Gasteiger partial charge in [0.15, 0.2) is 0 Å². The fraction of sp³-hybridized carbons (Fsp3) is 0.357. The lowest BCUT2D eigenvalue weighted by molar-refractivity contribution is -0.113. The average molecular weight is 323 g/mol. The van der Waals surface area contributed by atoms with E-state index in [1.54, 1.807) is 50.1 Å². The molecule has 0 fully saturated rings. The van der Waals surface area contributed by atoms with E-state index >= 15 is 0 Å². The Labute approximate surface area is 132 Å². The van der Waals surface area contributed by atoms with E-state index in [0.29, 0.717) is 17.0 Å². The molecule has 0 radical (unpaired) electrons. The van der Waals surface area contributed by atoms with Crippen molar-refractivity contribution >= 4 is 45.4 Å². The summed E-state index contributed by atoms with van der Waals surface area (Å²) in [4.78, 5) is 29.4. The fourth-order valence-electron chi connectivity index (χ4n) is 1.68. The zero-order valence-electron chi connectivity index (χ0n) is 12.0. The van der Waals surface area contributed by atoms with Crippen LogP contribution in [0, 0.1) is 0 Å². The van der Waals surface area contributed by atoms with Crippen molar-refractivity contribution in [1.82, 2.24) is 4.90 Å². The van der Waals surface area contributed by atoms with E-state index in [0.717, 1.165) is 16.7 Å². The minimum absolute atomic E-state index is 0.0558. The summed E-state index contributed by atoms with van der Waals surface area (Å²) < 4.78 is 0.983. The van der Waals surface area contributed by atoms with Crippen molar-refractivity contribution in [2.75, 3.05) is 37.5 Å². The molecule has 0 atom stereocenters. The van der Waals surface area contributed by atoms with E-state index in [4.69, 9.17) is 0 Å². The first-order valence-electron chi connectivity index (χ1n) is 6.48. The van der Waals surface area contributed by atoms with Crippen LogP contribution >= 0.6 is 23.5 Å². The normalized spacial score (nSPS) is 13.7. The van der Waals surface area contributed by atoms with Gasteiger partial charge < -0.3 is 10.2 Å². The molecule has 1 N–H and O–H groups in total. The Balaban J connectivity index is 1.84. The van der Waals surface area contributed by atoms with E-state index in [1.807, 2.05) is 0 Å². The van der Waals surface area contributed by atoms with Gasteiger partial charge in [-0.3, -0.25) is 14.6 Å². The molecule has 21 heavy (non-hydrogen) atoms. The molecule has 0 saturated heterocycles. The molecule has 0 aromatic heterocycles. The third kappa shape index (κ3) is 4.78. The number of benzene rings is 1. The predicted octanol–water partition coefficient (Wildman–Crippen LogP) is 2.16. The first kappa shape index (κ1) is 15.9.